The van der Waals surface area contributed by atoms with E-state index < -0.39 is 0 Å². The second-order valence-corrected chi connectivity index (χ2v) is 12.0. The van der Waals surface area contributed by atoms with Gasteiger partial charge in [-0.15, -0.1) is 11.8 Å². The zero-order chi connectivity index (χ0) is 22.7. The van der Waals surface area contributed by atoms with E-state index in [2.05, 4.69) is 16.4 Å². The van der Waals surface area contributed by atoms with E-state index in [1.165, 1.54) is 36.2 Å². The fourth-order valence-electron chi connectivity index (χ4n) is 5.94. The predicted octanol–water partition coefficient (Wildman–Crippen LogP) is 5.90. The summed E-state index contributed by atoms with van der Waals surface area (Å²) in [5.41, 5.74) is 1.73. The summed E-state index contributed by atoms with van der Waals surface area (Å²) in [5.74, 6) is 1.83. The highest BCUT2D eigenvalue weighted by atomic mass is 35.5. The fourth-order valence-corrected chi connectivity index (χ4v) is 9.39. The Hall–Kier alpha value is -1.80. The molecule has 5 unspecified atom stereocenters. The summed E-state index contributed by atoms with van der Waals surface area (Å²) in [6.07, 6.45) is 7.55. The predicted molar refractivity (Wildman–Crippen MR) is 134 cm³/mol. The average Bonchev–Trinajstić information content (AvgIpc) is 3.50. The maximum absolute atomic E-state index is 13.1. The Balaban J connectivity index is 1.35. The summed E-state index contributed by atoms with van der Waals surface area (Å²) in [6, 6.07) is 9.06. The molecule has 2 aliphatic carbocycles. The molecule has 9 heteroatoms. The van der Waals surface area contributed by atoms with Gasteiger partial charge in [0.1, 0.15) is 6.54 Å². The molecule has 0 saturated heterocycles. The lowest BCUT2D eigenvalue weighted by Gasteiger charge is -2.40. The minimum atomic E-state index is -0.260. The van der Waals surface area contributed by atoms with Gasteiger partial charge in [-0.1, -0.05) is 40.6 Å². The van der Waals surface area contributed by atoms with Gasteiger partial charge in [-0.3, -0.25) is 19.1 Å². The van der Waals surface area contributed by atoms with Crippen LogP contribution in [0, 0.1) is 17.8 Å². The molecule has 5 nitrogen and oxygen atoms in total. The Morgan fingerprint density at radius 2 is 2.03 bits per heavy atom. The Morgan fingerprint density at radius 1 is 1.18 bits per heavy atom. The number of hydrogen-bond acceptors (Lipinski definition) is 5. The van der Waals surface area contributed by atoms with Crippen molar-refractivity contribution in [1.82, 2.24) is 9.55 Å². The van der Waals surface area contributed by atoms with Crippen LogP contribution >= 0.6 is 46.3 Å². The van der Waals surface area contributed by atoms with E-state index in [4.69, 9.17) is 23.2 Å². The summed E-state index contributed by atoms with van der Waals surface area (Å²) in [4.78, 5) is 31.3. The number of hydrogen-bond donors (Lipinski definition) is 1. The molecule has 3 aliphatic rings. The number of anilines is 1. The molecule has 2 bridgehead atoms. The number of rotatable bonds is 4. The van der Waals surface area contributed by atoms with Crippen LogP contribution in [0.3, 0.4) is 0 Å². The molecule has 1 N–H and O–H groups in total. The van der Waals surface area contributed by atoms with E-state index in [-0.39, 0.29) is 23.2 Å². The van der Waals surface area contributed by atoms with E-state index in [0.29, 0.717) is 38.7 Å². The molecule has 0 radical (unpaired) electrons. The van der Waals surface area contributed by atoms with Crippen molar-refractivity contribution in [3.63, 3.8) is 0 Å². The van der Waals surface area contributed by atoms with E-state index in [9.17, 15) is 9.59 Å². The van der Waals surface area contributed by atoms with E-state index in [1.54, 1.807) is 29.0 Å². The second kappa shape index (κ2) is 8.45. The Labute approximate surface area is 209 Å². The zero-order valence-electron chi connectivity index (χ0n) is 17.5. The highest BCUT2D eigenvalue weighted by molar-refractivity contribution is 8.00. The Kier molecular flexibility index (Phi) is 5.56. The third-order valence-corrected chi connectivity index (χ3v) is 10.8. The number of halogens is 2. The van der Waals surface area contributed by atoms with Crippen molar-refractivity contribution in [1.29, 1.82) is 0 Å². The minimum absolute atomic E-state index is 0.0246. The molecule has 2 saturated carbocycles. The number of carbonyl (C=O) groups excluding carboxylic acids is 1. The smallest absolute Gasteiger partial charge is 0.308 e. The zero-order valence-corrected chi connectivity index (χ0v) is 20.7. The van der Waals surface area contributed by atoms with Crippen LogP contribution in [0.4, 0.5) is 5.69 Å². The topological polar surface area (TPSA) is 64.0 Å². The number of thioether (sulfide) groups is 1. The highest BCUT2D eigenvalue weighted by Gasteiger charge is 2.55. The number of aromatic nitrogens is 2. The monoisotopic (exact) mass is 517 g/mol. The molecule has 33 heavy (non-hydrogen) atoms. The third kappa shape index (κ3) is 3.73. The molecular weight excluding hydrogens is 497 g/mol. The van der Waals surface area contributed by atoms with Gasteiger partial charge in [0.2, 0.25) is 5.91 Å². The van der Waals surface area contributed by atoms with Crippen LogP contribution in [0.15, 0.2) is 52.5 Å². The van der Waals surface area contributed by atoms with Gasteiger partial charge < -0.3 is 5.32 Å². The van der Waals surface area contributed by atoms with Crippen LogP contribution in [0.25, 0.3) is 0 Å². The van der Waals surface area contributed by atoms with Crippen LogP contribution in [0.5, 0.6) is 0 Å². The van der Waals surface area contributed by atoms with Gasteiger partial charge in [0, 0.05) is 34.1 Å². The van der Waals surface area contributed by atoms with Crippen molar-refractivity contribution in [3.8, 4) is 0 Å². The molecule has 1 amide bonds. The number of fused-ring (bicyclic) bond motifs is 6. The van der Waals surface area contributed by atoms with Crippen LogP contribution in [-0.4, -0.2) is 20.7 Å². The van der Waals surface area contributed by atoms with Gasteiger partial charge >= 0.3 is 4.87 Å². The van der Waals surface area contributed by atoms with Crippen LogP contribution < -0.4 is 10.2 Å². The summed E-state index contributed by atoms with van der Waals surface area (Å²) >= 11 is 15.2. The van der Waals surface area contributed by atoms with Crippen LogP contribution in [0.2, 0.25) is 10.0 Å². The second-order valence-electron chi connectivity index (χ2n) is 9.06. The molecule has 2 aromatic heterocycles. The number of amides is 1. The molecule has 3 heterocycles. The number of nitrogens with zero attached hydrogens (tertiary/aromatic N) is 2. The molecule has 5 atom stereocenters. The van der Waals surface area contributed by atoms with E-state index in [1.807, 2.05) is 24.0 Å². The van der Waals surface area contributed by atoms with Gasteiger partial charge in [0.05, 0.1) is 15.1 Å². The summed E-state index contributed by atoms with van der Waals surface area (Å²) < 4.78 is 1.66. The average molecular weight is 518 g/mol. The van der Waals surface area contributed by atoms with E-state index >= 15 is 0 Å². The lowest BCUT2D eigenvalue weighted by atomic mass is 9.75. The molecule has 6 rings (SSSR count). The molecule has 1 aliphatic heterocycles. The van der Waals surface area contributed by atoms with Crippen molar-refractivity contribution in [3.05, 3.63) is 72.9 Å². The normalized spacial score (nSPS) is 27.3. The van der Waals surface area contributed by atoms with Crippen molar-refractivity contribution < 1.29 is 4.79 Å². The number of carbonyl (C=O) groups is 1. The first-order valence-corrected chi connectivity index (χ1v) is 13.5. The summed E-state index contributed by atoms with van der Waals surface area (Å²) in [6.45, 7) is -0.0246. The maximum Gasteiger partial charge on any atom is 0.308 e. The molecule has 1 aromatic carbocycles. The standard InChI is InChI=1S/C24H21Cl2N3O2S2/c25-16-6-5-15(9-17(16)26)28-18(30)11-29-23-22(33-24(29)31)20(14-2-1-7-27-10-14)19-12-3-4-13(8-12)21(19)32-23/h1-2,5-7,9-10,12-13,19-21H,3-4,8,11H2,(H,28,30). The number of benzene rings is 1. The number of pyridine rings is 1. The first-order valence-electron chi connectivity index (χ1n) is 11.0. The first-order chi connectivity index (χ1) is 16.0. The summed E-state index contributed by atoms with van der Waals surface area (Å²) in [7, 11) is 0. The lowest BCUT2D eigenvalue weighted by molar-refractivity contribution is -0.116. The number of nitrogens with one attached hydrogen (secondary N) is 1. The maximum atomic E-state index is 13.1. The van der Waals surface area contributed by atoms with Gasteiger partial charge in [0.25, 0.3) is 0 Å². The first kappa shape index (κ1) is 21.7. The SMILES string of the molecule is O=C(Cn1c2c(sc1=O)C(c1cccnc1)C1C3CCC(C3)C1S2)Nc1ccc(Cl)c(Cl)c1. The van der Waals surface area contributed by atoms with Gasteiger partial charge in [-0.25, -0.2) is 0 Å². The quantitative estimate of drug-likeness (QED) is 0.467. The Bertz CT molecular complexity index is 1290. The van der Waals surface area contributed by atoms with Gasteiger partial charge in [-0.05, 0) is 66.8 Å². The third-order valence-electron chi connectivity index (χ3n) is 7.24. The van der Waals surface area contributed by atoms with Gasteiger partial charge in [0.15, 0.2) is 0 Å². The fraction of sp³-hybridized carbons (Fsp3) is 0.375. The molecule has 0 spiro atoms. The highest BCUT2D eigenvalue weighted by Crippen LogP contribution is 2.63. The van der Waals surface area contributed by atoms with Crippen molar-refractivity contribution in [2.75, 3.05) is 5.32 Å². The summed E-state index contributed by atoms with van der Waals surface area (Å²) in [5, 5.41) is 5.08. The van der Waals surface area contributed by atoms with E-state index in [0.717, 1.165) is 9.90 Å². The lowest BCUT2D eigenvalue weighted by Crippen LogP contribution is -2.34. The molecule has 170 valence electrons. The molecule has 2 fully saturated rings. The van der Waals surface area contributed by atoms with Crippen LogP contribution in [-0.2, 0) is 11.3 Å². The van der Waals surface area contributed by atoms with Crippen molar-refractivity contribution >= 4 is 57.9 Å². The Morgan fingerprint density at radius 3 is 2.82 bits per heavy atom. The minimum Gasteiger partial charge on any atom is -0.324 e. The molecule has 3 aromatic rings. The van der Waals surface area contributed by atoms with Gasteiger partial charge in [-0.2, -0.15) is 0 Å². The largest absolute Gasteiger partial charge is 0.324 e. The molecular formula is C24H21Cl2N3O2S2. The van der Waals surface area contributed by atoms with Crippen LogP contribution in [0.1, 0.15) is 35.6 Å². The number of thiazole rings is 1. The van der Waals surface area contributed by atoms with Crippen molar-refractivity contribution in [2.24, 2.45) is 17.8 Å². The van der Waals surface area contributed by atoms with Crippen molar-refractivity contribution in [2.45, 2.75) is 42.0 Å².